The van der Waals surface area contributed by atoms with E-state index in [2.05, 4.69) is 15.3 Å². The monoisotopic (exact) mass is 340 g/mol. The molecule has 25 heavy (non-hydrogen) atoms. The fourth-order valence-electron chi connectivity index (χ4n) is 2.89. The number of carbonyl (C=O) groups is 2. The maximum atomic E-state index is 12.4. The largest absolute Gasteiger partial charge is 0.481 e. The maximum absolute atomic E-state index is 12.4. The van der Waals surface area contributed by atoms with Crippen LogP contribution in [-0.2, 0) is 4.79 Å². The van der Waals surface area contributed by atoms with Crippen molar-refractivity contribution in [2.45, 2.75) is 19.8 Å². The predicted molar refractivity (Wildman–Crippen MR) is 93.2 cm³/mol. The summed E-state index contributed by atoms with van der Waals surface area (Å²) in [5.41, 5.74) is 2.31. The summed E-state index contributed by atoms with van der Waals surface area (Å²) in [6.07, 6.45) is 3.00. The third-order valence-electron chi connectivity index (χ3n) is 4.22. The van der Waals surface area contributed by atoms with Gasteiger partial charge in [0.15, 0.2) is 5.82 Å². The second kappa shape index (κ2) is 7.29. The van der Waals surface area contributed by atoms with Gasteiger partial charge in [0.05, 0.1) is 5.92 Å². The van der Waals surface area contributed by atoms with Gasteiger partial charge in [0.25, 0.3) is 0 Å². The lowest BCUT2D eigenvalue weighted by molar-refractivity contribution is -0.143. The fourth-order valence-corrected chi connectivity index (χ4v) is 2.89. The molecule has 1 fully saturated rings. The first kappa shape index (κ1) is 16.9. The van der Waals surface area contributed by atoms with Gasteiger partial charge in [0.1, 0.15) is 0 Å². The van der Waals surface area contributed by atoms with Crippen LogP contribution in [-0.4, -0.2) is 45.1 Å². The fraction of sp³-hybridized carbons (Fsp3) is 0.333. The van der Waals surface area contributed by atoms with E-state index in [0.29, 0.717) is 30.9 Å². The first-order valence-electron chi connectivity index (χ1n) is 8.22. The number of nitrogens with zero attached hydrogens (tertiary/aromatic N) is 3. The summed E-state index contributed by atoms with van der Waals surface area (Å²) >= 11 is 0. The van der Waals surface area contributed by atoms with Crippen molar-refractivity contribution in [1.29, 1.82) is 0 Å². The summed E-state index contributed by atoms with van der Waals surface area (Å²) < 4.78 is 0. The van der Waals surface area contributed by atoms with Gasteiger partial charge < -0.3 is 15.3 Å². The third-order valence-corrected chi connectivity index (χ3v) is 4.22. The van der Waals surface area contributed by atoms with Crippen molar-refractivity contribution in [2.75, 3.05) is 18.4 Å². The summed E-state index contributed by atoms with van der Waals surface area (Å²) in [5.74, 6) is -0.748. The van der Waals surface area contributed by atoms with Crippen LogP contribution in [0.2, 0.25) is 0 Å². The summed E-state index contributed by atoms with van der Waals surface area (Å²) in [6.45, 7) is 2.70. The molecule has 1 atom stereocenters. The van der Waals surface area contributed by atoms with Gasteiger partial charge >= 0.3 is 12.0 Å². The average Bonchev–Trinajstić information content (AvgIpc) is 2.62. The van der Waals surface area contributed by atoms with Crippen LogP contribution in [0.5, 0.6) is 0 Å². The summed E-state index contributed by atoms with van der Waals surface area (Å²) in [4.78, 5) is 33.8. The van der Waals surface area contributed by atoms with Gasteiger partial charge in [0.2, 0.25) is 0 Å². The molecule has 0 saturated carbocycles. The zero-order chi connectivity index (χ0) is 17.8. The molecule has 2 N–H and O–H groups in total. The van der Waals surface area contributed by atoms with E-state index in [1.165, 1.54) is 0 Å². The quantitative estimate of drug-likeness (QED) is 0.896. The van der Waals surface area contributed by atoms with Crippen molar-refractivity contribution in [3.8, 4) is 11.4 Å². The number of benzene rings is 1. The number of aliphatic carboxylic acids is 1. The number of carbonyl (C=O) groups excluding carboxylic acids is 1. The number of aromatic nitrogens is 2. The summed E-state index contributed by atoms with van der Waals surface area (Å²) in [6, 6.07) is 8.85. The Morgan fingerprint density at radius 3 is 2.92 bits per heavy atom. The van der Waals surface area contributed by atoms with Crippen molar-refractivity contribution in [3.63, 3.8) is 0 Å². The zero-order valence-electron chi connectivity index (χ0n) is 14.0. The van der Waals surface area contributed by atoms with Crippen molar-refractivity contribution in [3.05, 3.63) is 42.2 Å². The lowest BCUT2D eigenvalue weighted by atomic mass is 9.99. The molecule has 0 spiro atoms. The smallest absolute Gasteiger partial charge is 0.321 e. The van der Waals surface area contributed by atoms with E-state index in [9.17, 15) is 9.59 Å². The number of aryl methyl sites for hydroxylation is 1. The highest BCUT2D eigenvalue weighted by atomic mass is 16.4. The Balaban J connectivity index is 1.71. The van der Waals surface area contributed by atoms with E-state index in [0.717, 1.165) is 11.3 Å². The molecule has 3 rings (SSSR count). The summed E-state index contributed by atoms with van der Waals surface area (Å²) in [5, 5.41) is 12.0. The average molecular weight is 340 g/mol. The van der Waals surface area contributed by atoms with Gasteiger partial charge in [-0.05, 0) is 38.0 Å². The standard InChI is InChI=1S/C18H20N4O3/c1-12-7-8-19-16(20-12)13-4-2-6-15(10-13)21-18(25)22-9-3-5-14(11-22)17(23)24/h2,4,6-8,10,14H,3,5,9,11H2,1H3,(H,21,25)(H,23,24). The minimum absolute atomic E-state index is 0.238. The number of carboxylic acid groups (broad SMARTS) is 1. The molecule has 7 nitrogen and oxygen atoms in total. The Labute approximate surface area is 145 Å². The number of amides is 2. The SMILES string of the molecule is Cc1ccnc(-c2cccc(NC(=O)N3CCCC(C(=O)O)C3)c2)n1. The topological polar surface area (TPSA) is 95.4 Å². The molecule has 2 amide bonds. The molecular weight excluding hydrogens is 320 g/mol. The molecular formula is C18H20N4O3. The highest BCUT2D eigenvalue weighted by Gasteiger charge is 2.28. The molecule has 0 bridgehead atoms. The van der Waals surface area contributed by atoms with E-state index >= 15 is 0 Å². The van der Waals surface area contributed by atoms with Crippen LogP contribution < -0.4 is 5.32 Å². The Bertz CT molecular complexity index is 793. The predicted octanol–water partition coefficient (Wildman–Crippen LogP) is 2.78. The number of anilines is 1. The molecule has 1 saturated heterocycles. The van der Waals surface area contributed by atoms with E-state index in [-0.39, 0.29) is 12.6 Å². The molecule has 0 aliphatic carbocycles. The molecule has 1 aromatic carbocycles. The molecule has 1 aliphatic heterocycles. The minimum atomic E-state index is -0.851. The highest BCUT2D eigenvalue weighted by Crippen LogP contribution is 2.21. The molecule has 7 heteroatoms. The van der Waals surface area contributed by atoms with Crippen LogP contribution in [0.3, 0.4) is 0 Å². The normalized spacial score (nSPS) is 17.2. The Morgan fingerprint density at radius 1 is 1.32 bits per heavy atom. The Kier molecular flexibility index (Phi) is 4.92. The van der Waals surface area contributed by atoms with Crippen molar-refractivity contribution in [2.24, 2.45) is 5.92 Å². The van der Waals surface area contributed by atoms with Crippen LogP contribution in [0.15, 0.2) is 36.5 Å². The van der Waals surface area contributed by atoms with Crippen LogP contribution in [0.1, 0.15) is 18.5 Å². The lowest BCUT2D eigenvalue weighted by Crippen LogP contribution is -2.44. The number of piperidine rings is 1. The summed E-state index contributed by atoms with van der Waals surface area (Å²) in [7, 11) is 0. The number of carboxylic acids is 1. The van der Waals surface area contributed by atoms with Crippen LogP contribution >= 0.6 is 0 Å². The van der Waals surface area contributed by atoms with Crippen LogP contribution in [0, 0.1) is 12.8 Å². The number of hydrogen-bond acceptors (Lipinski definition) is 4. The number of urea groups is 1. The maximum Gasteiger partial charge on any atom is 0.321 e. The molecule has 130 valence electrons. The number of hydrogen-bond donors (Lipinski definition) is 2. The van der Waals surface area contributed by atoms with Crippen molar-refractivity contribution >= 4 is 17.7 Å². The molecule has 2 heterocycles. The van der Waals surface area contributed by atoms with Gasteiger partial charge in [-0.1, -0.05) is 12.1 Å². The molecule has 1 aromatic heterocycles. The molecule has 0 radical (unpaired) electrons. The number of rotatable bonds is 3. The van der Waals surface area contributed by atoms with E-state index in [4.69, 9.17) is 5.11 Å². The minimum Gasteiger partial charge on any atom is -0.481 e. The van der Waals surface area contributed by atoms with Gasteiger partial charge in [0, 0.05) is 36.2 Å². The van der Waals surface area contributed by atoms with E-state index in [1.807, 2.05) is 31.2 Å². The first-order valence-corrected chi connectivity index (χ1v) is 8.22. The van der Waals surface area contributed by atoms with Crippen LogP contribution in [0.4, 0.5) is 10.5 Å². The molecule has 1 unspecified atom stereocenters. The zero-order valence-corrected chi connectivity index (χ0v) is 14.0. The molecule has 2 aromatic rings. The Hall–Kier alpha value is -2.96. The number of nitrogens with one attached hydrogen (secondary N) is 1. The first-order chi connectivity index (χ1) is 12.0. The lowest BCUT2D eigenvalue weighted by Gasteiger charge is -2.30. The van der Waals surface area contributed by atoms with Gasteiger partial charge in [-0.25, -0.2) is 14.8 Å². The van der Waals surface area contributed by atoms with Crippen LogP contribution in [0.25, 0.3) is 11.4 Å². The number of likely N-dealkylation sites (tertiary alicyclic amines) is 1. The second-order valence-corrected chi connectivity index (χ2v) is 6.16. The van der Waals surface area contributed by atoms with E-state index < -0.39 is 11.9 Å². The third kappa shape index (κ3) is 4.12. The van der Waals surface area contributed by atoms with Crippen molar-refractivity contribution in [1.82, 2.24) is 14.9 Å². The molecule has 1 aliphatic rings. The van der Waals surface area contributed by atoms with Gasteiger partial charge in [-0.2, -0.15) is 0 Å². The van der Waals surface area contributed by atoms with Gasteiger partial charge in [-0.3, -0.25) is 4.79 Å². The van der Waals surface area contributed by atoms with E-state index in [1.54, 1.807) is 17.2 Å². The Morgan fingerprint density at radius 2 is 2.16 bits per heavy atom. The highest BCUT2D eigenvalue weighted by molar-refractivity contribution is 5.90. The van der Waals surface area contributed by atoms with Crippen molar-refractivity contribution < 1.29 is 14.7 Å². The van der Waals surface area contributed by atoms with Gasteiger partial charge in [-0.15, -0.1) is 0 Å². The second-order valence-electron chi connectivity index (χ2n) is 6.16.